The molecule has 120 valence electrons. The minimum atomic E-state index is -0.255. The monoisotopic (exact) mass is 331 g/mol. The second kappa shape index (κ2) is 6.71. The van der Waals surface area contributed by atoms with E-state index in [1.807, 2.05) is 24.3 Å². The minimum absolute atomic E-state index is 0.0315. The Balaban J connectivity index is 1.61. The third-order valence-electron chi connectivity index (χ3n) is 4.54. The summed E-state index contributed by atoms with van der Waals surface area (Å²) in [6, 6.07) is 14.0. The second-order valence-corrected chi connectivity index (χ2v) is 6.55. The maximum Gasteiger partial charge on any atom is 0.221 e. The van der Waals surface area contributed by atoms with Crippen LogP contribution in [0.2, 0.25) is 5.02 Å². The number of carbonyl (C=O) groups is 1. The van der Waals surface area contributed by atoms with E-state index in [-0.39, 0.29) is 17.3 Å². The number of carbonyl (C=O) groups excluding carboxylic acids is 1. The van der Waals surface area contributed by atoms with Crippen LogP contribution in [-0.4, -0.2) is 5.91 Å². The van der Waals surface area contributed by atoms with Crippen molar-refractivity contribution in [3.8, 4) is 0 Å². The fourth-order valence-corrected chi connectivity index (χ4v) is 3.15. The van der Waals surface area contributed by atoms with Gasteiger partial charge in [0, 0.05) is 11.4 Å². The molecule has 0 heterocycles. The molecule has 23 heavy (non-hydrogen) atoms. The number of halogens is 2. The first-order valence-corrected chi connectivity index (χ1v) is 8.27. The summed E-state index contributed by atoms with van der Waals surface area (Å²) < 4.78 is 12.9. The molecule has 4 heteroatoms. The molecule has 0 saturated heterocycles. The predicted molar refractivity (Wildman–Crippen MR) is 89.8 cm³/mol. The zero-order chi connectivity index (χ0) is 16.3. The van der Waals surface area contributed by atoms with Crippen LogP contribution in [0.15, 0.2) is 48.5 Å². The summed E-state index contributed by atoms with van der Waals surface area (Å²) in [5, 5.41) is 3.89. The molecule has 1 saturated carbocycles. The normalized spacial score (nSPS) is 15.7. The largest absolute Gasteiger partial charge is 0.347 e. The van der Waals surface area contributed by atoms with E-state index in [0.717, 1.165) is 30.4 Å². The van der Waals surface area contributed by atoms with Crippen molar-refractivity contribution < 1.29 is 9.18 Å². The predicted octanol–water partition coefficient (Wildman–Crippen LogP) is 4.61. The van der Waals surface area contributed by atoms with Crippen LogP contribution in [0.3, 0.4) is 0 Å². The Hall–Kier alpha value is -1.87. The van der Waals surface area contributed by atoms with Gasteiger partial charge in [-0.15, -0.1) is 0 Å². The van der Waals surface area contributed by atoms with Gasteiger partial charge in [-0.25, -0.2) is 4.39 Å². The lowest BCUT2D eigenvalue weighted by atomic mass is 9.71. The molecule has 1 amide bonds. The van der Waals surface area contributed by atoms with Gasteiger partial charge in [-0.2, -0.15) is 0 Å². The van der Waals surface area contributed by atoms with E-state index >= 15 is 0 Å². The average Bonchev–Trinajstić information content (AvgIpc) is 2.51. The second-order valence-electron chi connectivity index (χ2n) is 6.12. The Bertz CT molecular complexity index is 678. The molecule has 0 bridgehead atoms. The lowest BCUT2D eigenvalue weighted by Crippen LogP contribution is -2.50. The van der Waals surface area contributed by atoms with Crippen molar-refractivity contribution >= 4 is 17.5 Å². The van der Waals surface area contributed by atoms with Crippen molar-refractivity contribution in [2.24, 2.45) is 0 Å². The lowest BCUT2D eigenvalue weighted by molar-refractivity contribution is -0.124. The first kappa shape index (κ1) is 16.0. The van der Waals surface area contributed by atoms with E-state index in [0.29, 0.717) is 17.9 Å². The van der Waals surface area contributed by atoms with E-state index in [1.165, 1.54) is 12.1 Å². The number of amides is 1. The van der Waals surface area contributed by atoms with Crippen molar-refractivity contribution in [3.05, 3.63) is 70.5 Å². The van der Waals surface area contributed by atoms with Crippen molar-refractivity contribution in [3.63, 3.8) is 0 Å². The van der Waals surface area contributed by atoms with Gasteiger partial charge >= 0.3 is 0 Å². The van der Waals surface area contributed by atoms with Crippen LogP contribution in [0.25, 0.3) is 0 Å². The van der Waals surface area contributed by atoms with Crippen LogP contribution >= 0.6 is 11.6 Å². The summed E-state index contributed by atoms with van der Waals surface area (Å²) in [6.45, 7) is 0. The van der Waals surface area contributed by atoms with Gasteiger partial charge in [0.05, 0.1) is 5.54 Å². The van der Waals surface area contributed by atoms with E-state index in [4.69, 9.17) is 11.6 Å². The average molecular weight is 332 g/mol. The number of hydrogen-bond donors (Lipinski definition) is 1. The van der Waals surface area contributed by atoms with Gasteiger partial charge in [0.2, 0.25) is 5.91 Å². The fourth-order valence-electron chi connectivity index (χ4n) is 3.02. The third-order valence-corrected chi connectivity index (χ3v) is 4.79. The highest BCUT2D eigenvalue weighted by Crippen LogP contribution is 2.41. The van der Waals surface area contributed by atoms with Crippen molar-refractivity contribution in [2.45, 2.75) is 37.6 Å². The topological polar surface area (TPSA) is 29.1 Å². The first-order chi connectivity index (χ1) is 11.1. The highest BCUT2D eigenvalue weighted by atomic mass is 35.5. The van der Waals surface area contributed by atoms with Gasteiger partial charge in [0.15, 0.2) is 0 Å². The Kier molecular flexibility index (Phi) is 4.67. The summed E-state index contributed by atoms with van der Waals surface area (Å²) in [5.74, 6) is -0.224. The van der Waals surface area contributed by atoms with Gasteiger partial charge in [-0.05, 0) is 61.1 Å². The summed E-state index contributed by atoms with van der Waals surface area (Å²) in [5.41, 5.74) is 1.84. The van der Waals surface area contributed by atoms with Gasteiger partial charge in [0.25, 0.3) is 0 Å². The van der Waals surface area contributed by atoms with Crippen LogP contribution in [0.1, 0.15) is 36.8 Å². The first-order valence-electron chi connectivity index (χ1n) is 7.89. The quantitative estimate of drug-likeness (QED) is 0.851. The Morgan fingerprint density at radius 1 is 1.09 bits per heavy atom. The number of benzene rings is 2. The smallest absolute Gasteiger partial charge is 0.221 e. The number of rotatable bonds is 5. The molecule has 0 atom stereocenters. The Labute approximate surface area is 140 Å². The number of nitrogens with one attached hydrogen (secondary N) is 1. The fraction of sp³-hybridized carbons (Fsp3) is 0.316. The molecule has 2 aromatic rings. The van der Waals surface area contributed by atoms with Crippen LogP contribution in [0.5, 0.6) is 0 Å². The molecule has 2 aromatic carbocycles. The number of aryl methyl sites for hydroxylation is 1. The van der Waals surface area contributed by atoms with Crippen LogP contribution in [0, 0.1) is 5.82 Å². The molecule has 0 unspecified atom stereocenters. The molecule has 1 aliphatic rings. The van der Waals surface area contributed by atoms with Crippen molar-refractivity contribution in [1.82, 2.24) is 5.32 Å². The summed E-state index contributed by atoms with van der Waals surface area (Å²) in [6.07, 6.45) is 4.04. The molecular weight excluding hydrogens is 313 g/mol. The standard InChI is InChI=1S/C19H19ClFNO/c20-16-7-5-15(6-8-16)19(12-1-13-19)22-18(23)11-4-14-2-9-17(21)10-3-14/h2-3,5-10H,1,4,11-13H2,(H,22,23). The van der Waals surface area contributed by atoms with Crippen molar-refractivity contribution in [1.29, 1.82) is 0 Å². The van der Waals surface area contributed by atoms with Gasteiger partial charge in [-0.1, -0.05) is 35.9 Å². The molecule has 0 spiro atoms. The molecule has 0 aliphatic heterocycles. The maximum absolute atomic E-state index is 12.9. The van der Waals surface area contributed by atoms with E-state index in [9.17, 15) is 9.18 Å². The van der Waals surface area contributed by atoms with E-state index in [1.54, 1.807) is 12.1 Å². The summed E-state index contributed by atoms with van der Waals surface area (Å²) >= 11 is 5.94. The Morgan fingerprint density at radius 3 is 2.30 bits per heavy atom. The van der Waals surface area contributed by atoms with E-state index < -0.39 is 0 Å². The molecule has 1 fully saturated rings. The molecule has 3 rings (SSSR count). The van der Waals surface area contributed by atoms with E-state index in [2.05, 4.69) is 5.32 Å². The minimum Gasteiger partial charge on any atom is -0.347 e. The SMILES string of the molecule is O=C(CCc1ccc(F)cc1)NC1(c2ccc(Cl)cc2)CCC1. The molecule has 0 aromatic heterocycles. The highest BCUT2D eigenvalue weighted by molar-refractivity contribution is 6.30. The zero-order valence-corrected chi connectivity index (χ0v) is 13.6. The molecular formula is C19H19ClFNO. The van der Waals surface area contributed by atoms with Gasteiger partial charge in [0.1, 0.15) is 5.82 Å². The van der Waals surface area contributed by atoms with Crippen LogP contribution < -0.4 is 5.32 Å². The van der Waals surface area contributed by atoms with Crippen LogP contribution in [0.4, 0.5) is 4.39 Å². The molecule has 0 radical (unpaired) electrons. The summed E-state index contributed by atoms with van der Waals surface area (Å²) in [7, 11) is 0. The third kappa shape index (κ3) is 3.73. The van der Waals surface area contributed by atoms with Gasteiger partial charge < -0.3 is 5.32 Å². The molecule has 1 aliphatic carbocycles. The van der Waals surface area contributed by atoms with Gasteiger partial charge in [-0.3, -0.25) is 4.79 Å². The van der Waals surface area contributed by atoms with Crippen molar-refractivity contribution in [2.75, 3.05) is 0 Å². The number of hydrogen-bond acceptors (Lipinski definition) is 1. The summed E-state index contributed by atoms with van der Waals surface area (Å²) in [4.78, 5) is 12.3. The molecule has 1 N–H and O–H groups in total. The van der Waals surface area contributed by atoms with Crippen LogP contribution in [-0.2, 0) is 16.8 Å². The Morgan fingerprint density at radius 2 is 1.74 bits per heavy atom. The molecule has 2 nitrogen and oxygen atoms in total. The lowest BCUT2D eigenvalue weighted by Gasteiger charge is -2.43. The highest BCUT2D eigenvalue weighted by Gasteiger charge is 2.39. The maximum atomic E-state index is 12.9. The zero-order valence-electron chi connectivity index (χ0n) is 12.8.